The lowest BCUT2D eigenvalue weighted by Crippen LogP contribution is -2.49. The minimum absolute atomic E-state index is 0.0341. The van der Waals surface area contributed by atoms with Crippen LogP contribution in [0.1, 0.15) is 19.4 Å². The first kappa shape index (κ1) is 17.5. The fourth-order valence-corrected chi connectivity index (χ4v) is 3.20. The van der Waals surface area contributed by atoms with Gasteiger partial charge in [0.05, 0.1) is 12.6 Å². The monoisotopic (exact) mass is 343 g/mol. The van der Waals surface area contributed by atoms with Gasteiger partial charge in [0.2, 0.25) is 5.91 Å². The molecule has 1 aliphatic rings. The van der Waals surface area contributed by atoms with Gasteiger partial charge in [-0.25, -0.2) is 0 Å². The second-order valence-electron chi connectivity index (χ2n) is 6.83. The van der Waals surface area contributed by atoms with Crippen molar-refractivity contribution in [2.75, 3.05) is 33.3 Å². The van der Waals surface area contributed by atoms with E-state index in [1.807, 2.05) is 43.0 Å². The number of methoxy groups -OCH3 is 1. The predicted molar refractivity (Wildman–Crippen MR) is 97.8 cm³/mol. The van der Waals surface area contributed by atoms with Crippen LogP contribution in [0.4, 0.5) is 0 Å². The molecule has 3 rings (SSSR count). The highest BCUT2D eigenvalue weighted by Crippen LogP contribution is 2.19. The molecule has 25 heavy (non-hydrogen) atoms. The number of ether oxygens (including phenoxy) is 1. The van der Waals surface area contributed by atoms with Crippen molar-refractivity contribution in [3.8, 4) is 5.75 Å². The number of hydrogen-bond donors (Lipinski definition) is 1. The Bertz CT molecular complexity index is 820. The molecule has 0 bridgehead atoms. The van der Waals surface area contributed by atoms with E-state index in [-0.39, 0.29) is 17.4 Å². The van der Waals surface area contributed by atoms with Crippen LogP contribution in [0.3, 0.4) is 0 Å². The number of carbonyl (C=O) groups excluding carboxylic acids is 1. The molecule has 0 spiro atoms. The summed E-state index contributed by atoms with van der Waals surface area (Å²) >= 11 is 0. The number of hydrogen-bond acceptors (Lipinski definition) is 4. The molecule has 6 heteroatoms. The molecule has 134 valence electrons. The summed E-state index contributed by atoms with van der Waals surface area (Å²) in [6, 6.07) is 7.61. The molecule has 0 saturated carbocycles. The van der Waals surface area contributed by atoms with Gasteiger partial charge in [-0.1, -0.05) is 13.8 Å². The average Bonchev–Trinajstić information content (AvgIpc) is 2.62. The summed E-state index contributed by atoms with van der Waals surface area (Å²) in [6.45, 7) is 7.48. The quantitative estimate of drug-likeness (QED) is 0.920. The summed E-state index contributed by atoms with van der Waals surface area (Å²) < 4.78 is 5.20. The Morgan fingerprint density at radius 3 is 2.56 bits per heavy atom. The van der Waals surface area contributed by atoms with Gasteiger partial charge >= 0.3 is 0 Å². The van der Waals surface area contributed by atoms with Crippen molar-refractivity contribution in [3.63, 3.8) is 0 Å². The van der Waals surface area contributed by atoms with Gasteiger partial charge in [0.15, 0.2) is 0 Å². The molecule has 1 aliphatic heterocycles. The van der Waals surface area contributed by atoms with Crippen molar-refractivity contribution in [2.45, 2.75) is 20.4 Å². The van der Waals surface area contributed by atoms with E-state index in [2.05, 4.69) is 9.88 Å². The third-order valence-electron chi connectivity index (χ3n) is 4.70. The standard InChI is InChI=1S/C19H25N3O3/c1-13(2)19(24)22-8-6-21(7-9-22)12-15-10-14-4-5-16(25-3)11-17(14)20-18(15)23/h4-5,10-11,13H,6-9,12H2,1-3H3,(H,20,23). The molecule has 0 radical (unpaired) electrons. The largest absolute Gasteiger partial charge is 0.497 e. The van der Waals surface area contributed by atoms with E-state index >= 15 is 0 Å². The Hall–Kier alpha value is -2.34. The number of pyridine rings is 1. The zero-order chi connectivity index (χ0) is 18.0. The highest BCUT2D eigenvalue weighted by Gasteiger charge is 2.23. The molecule has 0 aliphatic carbocycles. The van der Waals surface area contributed by atoms with Crippen LogP contribution in [0.25, 0.3) is 10.9 Å². The molecule has 6 nitrogen and oxygen atoms in total. The molecule has 1 N–H and O–H groups in total. The normalized spacial score (nSPS) is 15.8. The first-order valence-electron chi connectivity index (χ1n) is 8.69. The van der Waals surface area contributed by atoms with Gasteiger partial charge in [-0.2, -0.15) is 0 Å². The molecule has 1 aromatic heterocycles. The van der Waals surface area contributed by atoms with Crippen LogP contribution >= 0.6 is 0 Å². The maximum Gasteiger partial charge on any atom is 0.252 e. The topological polar surface area (TPSA) is 65.6 Å². The number of amides is 1. The number of aromatic amines is 1. The van der Waals surface area contributed by atoms with Crippen molar-refractivity contribution in [1.82, 2.24) is 14.8 Å². The average molecular weight is 343 g/mol. The predicted octanol–water partition coefficient (Wildman–Crippen LogP) is 1.84. The molecule has 1 fully saturated rings. The summed E-state index contributed by atoms with van der Waals surface area (Å²) in [6.07, 6.45) is 0. The van der Waals surface area contributed by atoms with Crippen molar-refractivity contribution < 1.29 is 9.53 Å². The number of carbonyl (C=O) groups is 1. The van der Waals surface area contributed by atoms with E-state index in [0.717, 1.165) is 48.4 Å². The van der Waals surface area contributed by atoms with Crippen molar-refractivity contribution >= 4 is 16.8 Å². The van der Waals surface area contributed by atoms with Crippen LogP contribution in [-0.4, -0.2) is 54.0 Å². The lowest BCUT2D eigenvalue weighted by atomic mass is 10.1. The number of aromatic nitrogens is 1. The number of benzene rings is 1. The Balaban J connectivity index is 1.70. The van der Waals surface area contributed by atoms with Gasteiger partial charge in [-0.3, -0.25) is 14.5 Å². The summed E-state index contributed by atoms with van der Waals surface area (Å²) in [4.78, 5) is 31.5. The fourth-order valence-electron chi connectivity index (χ4n) is 3.20. The summed E-state index contributed by atoms with van der Waals surface area (Å²) in [5.41, 5.74) is 1.46. The lowest BCUT2D eigenvalue weighted by molar-refractivity contribution is -0.136. The molecule has 1 saturated heterocycles. The minimum Gasteiger partial charge on any atom is -0.497 e. The zero-order valence-corrected chi connectivity index (χ0v) is 15.0. The number of fused-ring (bicyclic) bond motifs is 1. The van der Waals surface area contributed by atoms with Crippen LogP contribution < -0.4 is 10.3 Å². The number of H-pyrrole nitrogens is 1. The first-order valence-corrected chi connectivity index (χ1v) is 8.69. The molecule has 0 atom stereocenters. The number of nitrogens with zero attached hydrogens (tertiary/aromatic N) is 2. The van der Waals surface area contributed by atoms with Gasteiger partial charge in [0, 0.05) is 50.3 Å². The van der Waals surface area contributed by atoms with E-state index in [9.17, 15) is 9.59 Å². The van der Waals surface area contributed by atoms with Crippen LogP contribution in [0.15, 0.2) is 29.1 Å². The Kier molecular flexibility index (Phi) is 5.08. The molecular formula is C19H25N3O3. The third-order valence-corrected chi connectivity index (χ3v) is 4.70. The summed E-state index contributed by atoms with van der Waals surface area (Å²) in [5, 5.41) is 0.990. The van der Waals surface area contributed by atoms with E-state index in [0.29, 0.717) is 6.54 Å². The van der Waals surface area contributed by atoms with Gasteiger partial charge in [-0.05, 0) is 23.6 Å². The number of piperazine rings is 1. The molecule has 1 aromatic carbocycles. The second-order valence-corrected chi connectivity index (χ2v) is 6.83. The van der Waals surface area contributed by atoms with E-state index in [4.69, 9.17) is 4.74 Å². The van der Waals surface area contributed by atoms with E-state index < -0.39 is 0 Å². The smallest absolute Gasteiger partial charge is 0.252 e. The highest BCUT2D eigenvalue weighted by molar-refractivity contribution is 5.80. The molecule has 2 heterocycles. The highest BCUT2D eigenvalue weighted by atomic mass is 16.5. The van der Waals surface area contributed by atoms with Gasteiger partial charge in [-0.15, -0.1) is 0 Å². The SMILES string of the molecule is COc1ccc2cc(CN3CCN(C(=O)C(C)C)CC3)c(=O)[nH]c2c1. The van der Waals surface area contributed by atoms with Crippen molar-refractivity contribution in [1.29, 1.82) is 0 Å². The van der Waals surface area contributed by atoms with Gasteiger partial charge < -0.3 is 14.6 Å². The second kappa shape index (κ2) is 7.27. The Morgan fingerprint density at radius 2 is 1.92 bits per heavy atom. The maximum atomic E-state index is 12.4. The lowest BCUT2D eigenvalue weighted by Gasteiger charge is -2.35. The van der Waals surface area contributed by atoms with Crippen molar-refractivity contribution in [3.05, 3.63) is 40.2 Å². The fraction of sp³-hybridized carbons (Fsp3) is 0.474. The molecule has 2 aromatic rings. The van der Waals surface area contributed by atoms with E-state index in [1.54, 1.807) is 7.11 Å². The summed E-state index contributed by atoms with van der Waals surface area (Å²) in [5.74, 6) is 0.964. The van der Waals surface area contributed by atoms with Crippen LogP contribution in [-0.2, 0) is 11.3 Å². The Morgan fingerprint density at radius 1 is 1.20 bits per heavy atom. The van der Waals surface area contributed by atoms with Crippen LogP contribution in [0.2, 0.25) is 0 Å². The maximum absolute atomic E-state index is 12.4. The van der Waals surface area contributed by atoms with Crippen molar-refractivity contribution in [2.24, 2.45) is 5.92 Å². The number of rotatable bonds is 4. The molecule has 1 amide bonds. The number of nitrogens with one attached hydrogen (secondary N) is 1. The molecule has 0 unspecified atom stereocenters. The Labute approximate surface area is 147 Å². The van der Waals surface area contributed by atoms with Gasteiger partial charge in [0.1, 0.15) is 5.75 Å². The minimum atomic E-state index is -0.0681. The first-order chi connectivity index (χ1) is 12.0. The van der Waals surface area contributed by atoms with E-state index in [1.165, 1.54) is 0 Å². The third kappa shape index (κ3) is 3.85. The zero-order valence-electron chi connectivity index (χ0n) is 15.0. The van der Waals surface area contributed by atoms with Crippen LogP contribution in [0.5, 0.6) is 5.75 Å². The van der Waals surface area contributed by atoms with Gasteiger partial charge in [0.25, 0.3) is 5.56 Å². The van der Waals surface area contributed by atoms with Crippen LogP contribution in [0, 0.1) is 5.92 Å². The molecular weight excluding hydrogens is 318 g/mol. The summed E-state index contributed by atoms with van der Waals surface area (Å²) in [7, 11) is 1.61.